The van der Waals surface area contributed by atoms with Crippen molar-refractivity contribution in [3.63, 3.8) is 0 Å². The van der Waals surface area contributed by atoms with Crippen LogP contribution < -0.4 is 5.32 Å². The van der Waals surface area contributed by atoms with E-state index in [1.165, 1.54) is 5.56 Å². The molecular weight excluding hydrogens is 236 g/mol. The maximum Gasteiger partial charge on any atom is 0.122 e. The molecule has 0 aromatic carbocycles. The molecule has 0 unspecified atom stereocenters. The van der Waals surface area contributed by atoms with Crippen LogP contribution in [0.2, 0.25) is 0 Å². The van der Waals surface area contributed by atoms with Crippen molar-refractivity contribution in [3.05, 3.63) is 23.7 Å². The van der Waals surface area contributed by atoms with Crippen LogP contribution in [0.25, 0.3) is 0 Å². The molecule has 1 aromatic rings. The minimum atomic E-state index is 0.128. The van der Waals surface area contributed by atoms with E-state index in [1.54, 1.807) is 6.26 Å². The molecule has 0 aliphatic rings. The highest BCUT2D eigenvalue weighted by Gasteiger charge is 2.23. The average molecular weight is 266 g/mol. The third kappa shape index (κ3) is 5.00. The molecule has 3 nitrogen and oxygen atoms in total. The molecule has 0 fully saturated rings. The van der Waals surface area contributed by atoms with Crippen molar-refractivity contribution in [3.8, 4) is 0 Å². The summed E-state index contributed by atoms with van der Waals surface area (Å²) in [5.41, 5.74) is 1.58. The summed E-state index contributed by atoms with van der Waals surface area (Å²) >= 11 is 0. The maximum atomic E-state index is 5.66. The Hall–Kier alpha value is -0.800. The van der Waals surface area contributed by atoms with Crippen molar-refractivity contribution >= 4 is 0 Å². The van der Waals surface area contributed by atoms with Gasteiger partial charge in [0.15, 0.2) is 0 Å². The Morgan fingerprint density at radius 3 is 2.37 bits per heavy atom. The van der Waals surface area contributed by atoms with Gasteiger partial charge in [-0.25, -0.2) is 0 Å². The second-order valence-electron chi connectivity index (χ2n) is 6.99. The summed E-state index contributed by atoms with van der Waals surface area (Å²) in [5, 5.41) is 3.51. The summed E-state index contributed by atoms with van der Waals surface area (Å²) in [6.45, 7) is 15.0. The van der Waals surface area contributed by atoms with Gasteiger partial charge < -0.3 is 9.73 Å². The van der Waals surface area contributed by atoms with E-state index in [4.69, 9.17) is 4.42 Å². The maximum absolute atomic E-state index is 5.66. The average Bonchev–Trinajstić information content (AvgIpc) is 2.73. The van der Waals surface area contributed by atoms with Crippen LogP contribution in [0, 0.1) is 0 Å². The molecule has 3 heteroatoms. The molecule has 0 bridgehead atoms. The summed E-state index contributed by atoms with van der Waals surface area (Å²) in [6, 6.07) is 2.07. The van der Waals surface area contributed by atoms with Crippen molar-refractivity contribution in [2.75, 3.05) is 7.05 Å². The molecule has 1 N–H and O–H groups in total. The highest BCUT2D eigenvalue weighted by molar-refractivity contribution is 5.17. The Kier molecular flexibility index (Phi) is 5.22. The first kappa shape index (κ1) is 16.3. The first-order chi connectivity index (χ1) is 8.65. The van der Waals surface area contributed by atoms with Crippen LogP contribution in [0.15, 0.2) is 16.7 Å². The first-order valence-corrected chi connectivity index (χ1v) is 7.17. The molecule has 1 heterocycles. The molecule has 0 amide bonds. The van der Waals surface area contributed by atoms with Crippen LogP contribution in [0.5, 0.6) is 0 Å². The van der Waals surface area contributed by atoms with Crippen molar-refractivity contribution < 1.29 is 4.42 Å². The smallest absolute Gasteiger partial charge is 0.122 e. The van der Waals surface area contributed by atoms with Crippen molar-refractivity contribution in [1.82, 2.24) is 10.2 Å². The monoisotopic (exact) mass is 266 g/mol. The van der Waals surface area contributed by atoms with Gasteiger partial charge in [0, 0.05) is 23.2 Å². The molecule has 0 atom stereocenters. The van der Waals surface area contributed by atoms with E-state index in [0.29, 0.717) is 0 Å². The summed E-state index contributed by atoms with van der Waals surface area (Å²) in [5.74, 6) is 1.07. The standard InChI is InChI=1S/C16H30N2O/c1-8-16(5,6)18(7)12-14-13(9-10-19-14)11-17-15(2,3)4/h9-10,17H,8,11-12H2,1-7H3. The Balaban J connectivity index is 2.68. The lowest BCUT2D eigenvalue weighted by atomic mass is 9.99. The van der Waals surface area contributed by atoms with Crippen molar-refractivity contribution in [2.45, 2.75) is 72.1 Å². The molecule has 0 aliphatic carbocycles. The minimum Gasteiger partial charge on any atom is -0.468 e. The molecule has 0 aliphatic heterocycles. The molecule has 0 spiro atoms. The molecule has 1 aromatic heterocycles. The lowest BCUT2D eigenvalue weighted by molar-refractivity contribution is 0.132. The Bertz CT molecular complexity index is 388. The fourth-order valence-corrected chi connectivity index (χ4v) is 1.72. The second kappa shape index (κ2) is 6.10. The molecule has 0 saturated heterocycles. The number of nitrogens with one attached hydrogen (secondary N) is 1. The number of furan rings is 1. The van der Waals surface area contributed by atoms with Gasteiger partial charge in [0.05, 0.1) is 12.8 Å². The van der Waals surface area contributed by atoms with Crippen LogP contribution in [-0.4, -0.2) is 23.0 Å². The fourth-order valence-electron chi connectivity index (χ4n) is 1.72. The van der Waals surface area contributed by atoms with Crippen molar-refractivity contribution in [1.29, 1.82) is 0 Å². The van der Waals surface area contributed by atoms with Gasteiger partial charge >= 0.3 is 0 Å². The quantitative estimate of drug-likeness (QED) is 0.849. The Labute approximate surface area is 118 Å². The molecule has 1 rings (SSSR count). The normalized spacial score (nSPS) is 13.3. The summed E-state index contributed by atoms with van der Waals surface area (Å²) in [6.07, 6.45) is 2.92. The molecule has 0 saturated carbocycles. The van der Waals surface area contributed by atoms with Crippen LogP contribution in [0.1, 0.15) is 59.3 Å². The summed E-state index contributed by atoms with van der Waals surface area (Å²) in [4.78, 5) is 2.35. The van der Waals surface area contributed by atoms with Gasteiger partial charge in [-0.1, -0.05) is 6.92 Å². The van der Waals surface area contributed by atoms with Gasteiger partial charge in [0.25, 0.3) is 0 Å². The lowest BCUT2D eigenvalue weighted by Gasteiger charge is -2.34. The van der Waals surface area contributed by atoms with Gasteiger partial charge in [0.1, 0.15) is 5.76 Å². The van der Waals surface area contributed by atoms with Crippen LogP contribution in [0.3, 0.4) is 0 Å². The van der Waals surface area contributed by atoms with Gasteiger partial charge in [-0.05, 0) is 54.2 Å². The minimum absolute atomic E-state index is 0.128. The number of hydrogen-bond donors (Lipinski definition) is 1. The Morgan fingerprint density at radius 2 is 1.84 bits per heavy atom. The molecule has 0 radical (unpaired) electrons. The van der Waals surface area contributed by atoms with E-state index in [2.05, 4.69) is 64.9 Å². The van der Waals surface area contributed by atoms with Crippen LogP contribution in [-0.2, 0) is 13.1 Å². The summed E-state index contributed by atoms with van der Waals surface area (Å²) < 4.78 is 5.66. The van der Waals surface area contributed by atoms with E-state index >= 15 is 0 Å². The highest BCUT2D eigenvalue weighted by atomic mass is 16.3. The lowest BCUT2D eigenvalue weighted by Crippen LogP contribution is -2.40. The largest absolute Gasteiger partial charge is 0.468 e. The van der Waals surface area contributed by atoms with E-state index in [-0.39, 0.29) is 11.1 Å². The van der Waals surface area contributed by atoms with E-state index in [1.807, 2.05) is 0 Å². The number of hydrogen-bond acceptors (Lipinski definition) is 3. The molecule has 110 valence electrons. The zero-order valence-electron chi connectivity index (χ0n) is 13.6. The predicted octanol–water partition coefficient (Wildman–Crippen LogP) is 3.79. The third-order valence-electron chi connectivity index (χ3n) is 3.93. The fraction of sp³-hybridized carbons (Fsp3) is 0.750. The van der Waals surface area contributed by atoms with Crippen molar-refractivity contribution in [2.24, 2.45) is 0 Å². The van der Waals surface area contributed by atoms with Crippen LogP contribution >= 0.6 is 0 Å². The highest BCUT2D eigenvalue weighted by Crippen LogP contribution is 2.21. The van der Waals surface area contributed by atoms with Gasteiger partial charge in [-0.3, -0.25) is 4.90 Å². The topological polar surface area (TPSA) is 28.4 Å². The number of nitrogens with zero attached hydrogens (tertiary/aromatic N) is 1. The second-order valence-corrected chi connectivity index (χ2v) is 6.99. The SMILES string of the molecule is CCC(C)(C)N(C)Cc1occc1CNC(C)(C)C. The molecular formula is C16H30N2O. The summed E-state index contributed by atoms with van der Waals surface area (Å²) in [7, 11) is 2.16. The van der Waals surface area contributed by atoms with Gasteiger partial charge in [-0.2, -0.15) is 0 Å². The van der Waals surface area contributed by atoms with Crippen LogP contribution in [0.4, 0.5) is 0 Å². The molecule has 19 heavy (non-hydrogen) atoms. The zero-order chi connectivity index (χ0) is 14.7. The van der Waals surface area contributed by atoms with E-state index in [0.717, 1.165) is 25.3 Å². The van der Waals surface area contributed by atoms with E-state index < -0.39 is 0 Å². The van der Waals surface area contributed by atoms with Gasteiger partial charge in [0.2, 0.25) is 0 Å². The van der Waals surface area contributed by atoms with Gasteiger partial charge in [-0.15, -0.1) is 0 Å². The zero-order valence-corrected chi connectivity index (χ0v) is 13.6. The first-order valence-electron chi connectivity index (χ1n) is 7.17. The van der Waals surface area contributed by atoms with E-state index in [9.17, 15) is 0 Å². The Morgan fingerprint density at radius 1 is 1.21 bits per heavy atom. The third-order valence-corrected chi connectivity index (χ3v) is 3.93. The predicted molar refractivity (Wildman–Crippen MR) is 81.1 cm³/mol. The number of rotatable bonds is 6.